The summed E-state index contributed by atoms with van der Waals surface area (Å²) in [6.45, 7) is 2.21. The maximum absolute atomic E-state index is 12.3. The van der Waals surface area contributed by atoms with Gasteiger partial charge in [-0.25, -0.2) is 4.98 Å². The molecule has 4 aromatic carbocycles. The zero-order valence-electron chi connectivity index (χ0n) is 23.1. The molecule has 0 radical (unpaired) electrons. The van der Waals surface area contributed by atoms with Gasteiger partial charge in [-0.1, -0.05) is 61.0 Å². The quantitative estimate of drug-likeness (QED) is 0.160. The van der Waals surface area contributed by atoms with Crippen LogP contribution >= 0.6 is 0 Å². The second kappa shape index (κ2) is 13.7. The highest BCUT2D eigenvalue weighted by Gasteiger charge is 2.10. The van der Waals surface area contributed by atoms with Crippen LogP contribution in [0.25, 0.3) is 21.8 Å². The SMILES string of the molecule is COc1ccc(CC(=O)NCCCCCc2nc3ccccc3n2CCCOc2ccc3ccccc3c2)cc1. The molecule has 0 atom stereocenters. The standard InChI is InChI=1S/C34H37N3O3/c1-39-29-18-15-26(16-19-29)24-34(38)35-21-8-2-3-14-33-36-31-12-6-7-13-32(31)37(33)22-9-23-40-30-20-17-27-10-4-5-11-28(27)25-30/h4-7,10-13,15-20,25H,2-3,8-9,14,21-24H2,1H3,(H,35,38). The van der Waals surface area contributed by atoms with E-state index in [0.29, 0.717) is 19.6 Å². The molecule has 6 nitrogen and oxygen atoms in total. The van der Waals surface area contributed by atoms with Crippen LogP contribution in [0.4, 0.5) is 0 Å². The molecule has 0 fully saturated rings. The molecule has 1 N–H and O–H groups in total. The van der Waals surface area contributed by atoms with Gasteiger partial charge in [0.15, 0.2) is 0 Å². The molecule has 0 aliphatic heterocycles. The maximum atomic E-state index is 12.3. The second-order valence-electron chi connectivity index (χ2n) is 10.1. The smallest absolute Gasteiger partial charge is 0.224 e. The Bertz CT molecular complexity index is 1540. The van der Waals surface area contributed by atoms with Crippen molar-refractivity contribution >= 4 is 27.7 Å². The van der Waals surface area contributed by atoms with Gasteiger partial charge in [-0.05, 0) is 72.0 Å². The number of carbonyl (C=O) groups is 1. The highest BCUT2D eigenvalue weighted by atomic mass is 16.5. The van der Waals surface area contributed by atoms with Crippen molar-refractivity contribution in [3.8, 4) is 11.5 Å². The Morgan fingerprint density at radius 1 is 0.825 bits per heavy atom. The van der Waals surface area contributed by atoms with Gasteiger partial charge in [0.2, 0.25) is 5.91 Å². The number of nitrogens with zero attached hydrogens (tertiary/aromatic N) is 2. The number of hydrogen-bond acceptors (Lipinski definition) is 4. The van der Waals surface area contributed by atoms with Crippen molar-refractivity contribution in [2.24, 2.45) is 0 Å². The highest BCUT2D eigenvalue weighted by Crippen LogP contribution is 2.22. The van der Waals surface area contributed by atoms with Gasteiger partial charge in [-0.2, -0.15) is 0 Å². The fourth-order valence-electron chi connectivity index (χ4n) is 5.04. The van der Waals surface area contributed by atoms with Crippen molar-refractivity contribution in [3.05, 3.63) is 102 Å². The van der Waals surface area contributed by atoms with Crippen LogP contribution in [-0.4, -0.2) is 35.7 Å². The minimum atomic E-state index is 0.0536. The topological polar surface area (TPSA) is 65.4 Å². The van der Waals surface area contributed by atoms with Crippen LogP contribution in [0.2, 0.25) is 0 Å². The van der Waals surface area contributed by atoms with Crippen LogP contribution in [-0.2, 0) is 24.2 Å². The van der Waals surface area contributed by atoms with Crippen LogP contribution in [0, 0.1) is 0 Å². The van der Waals surface area contributed by atoms with E-state index in [1.807, 2.05) is 36.4 Å². The third-order valence-electron chi connectivity index (χ3n) is 7.17. The highest BCUT2D eigenvalue weighted by molar-refractivity contribution is 5.83. The van der Waals surface area contributed by atoms with Gasteiger partial charge in [0.1, 0.15) is 17.3 Å². The van der Waals surface area contributed by atoms with E-state index in [1.165, 1.54) is 16.3 Å². The molecule has 5 aromatic rings. The number of unbranched alkanes of at least 4 members (excludes halogenated alkanes) is 2. The fraction of sp³-hybridized carbons (Fsp3) is 0.294. The summed E-state index contributed by atoms with van der Waals surface area (Å²) in [6, 6.07) is 30.6. The number of aryl methyl sites for hydroxylation is 2. The fourth-order valence-corrected chi connectivity index (χ4v) is 5.04. The molecule has 0 aliphatic carbocycles. The monoisotopic (exact) mass is 535 g/mol. The molecule has 0 aliphatic rings. The van der Waals surface area contributed by atoms with Gasteiger partial charge in [-0.15, -0.1) is 0 Å². The molecule has 0 saturated heterocycles. The van der Waals surface area contributed by atoms with E-state index in [-0.39, 0.29) is 5.91 Å². The van der Waals surface area contributed by atoms with Crippen LogP contribution in [0.5, 0.6) is 11.5 Å². The average molecular weight is 536 g/mol. The molecular weight excluding hydrogens is 498 g/mol. The van der Waals surface area contributed by atoms with Crippen molar-refractivity contribution in [2.45, 2.75) is 45.1 Å². The lowest BCUT2D eigenvalue weighted by Gasteiger charge is -2.11. The predicted molar refractivity (Wildman–Crippen MR) is 161 cm³/mol. The number of hydrogen-bond donors (Lipinski definition) is 1. The molecule has 1 amide bonds. The van der Waals surface area contributed by atoms with Crippen molar-refractivity contribution in [2.75, 3.05) is 20.3 Å². The van der Waals surface area contributed by atoms with E-state index in [0.717, 1.165) is 67.1 Å². The molecule has 0 bridgehead atoms. The number of carbonyl (C=O) groups excluding carboxylic acids is 1. The van der Waals surface area contributed by atoms with E-state index >= 15 is 0 Å². The molecule has 0 spiro atoms. The molecule has 1 heterocycles. The van der Waals surface area contributed by atoms with Gasteiger partial charge in [0.25, 0.3) is 0 Å². The minimum absolute atomic E-state index is 0.0536. The predicted octanol–water partition coefficient (Wildman–Crippen LogP) is 6.74. The first-order valence-electron chi connectivity index (χ1n) is 14.1. The number of fused-ring (bicyclic) bond motifs is 2. The maximum Gasteiger partial charge on any atom is 0.224 e. The summed E-state index contributed by atoms with van der Waals surface area (Å²) in [5.41, 5.74) is 3.20. The van der Waals surface area contributed by atoms with Crippen LogP contribution < -0.4 is 14.8 Å². The Morgan fingerprint density at radius 3 is 2.45 bits per heavy atom. The summed E-state index contributed by atoms with van der Waals surface area (Å²) in [5.74, 6) is 2.88. The van der Waals surface area contributed by atoms with Gasteiger partial charge in [0, 0.05) is 19.5 Å². The van der Waals surface area contributed by atoms with Gasteiger partial charge >= 0.3 is 0 Å². The Morgan fingerprint density at radius 2 is 1.60 bits per heavy atom. The van der Waals surface area contributed by atoms with E-state index in [4.69, 9.17) is 14.5 Å². The number of methoxy groups -OCH3 is 1. The number of aromatic nitrogens is 2. The van der Waals surface area contributed by atoms with E-state index in [9.17, 15) is 4.79 Å². The first kappa shape index (κ1) is 27.3. The van der Waals surface area contributed by atoms with Crippen LogP contribution in [0.3, 0.4) is 0 Å². The Kier molecular flexibility index (Phi) is 9.30. The third-order valence-corrected chi connectivity index (χ3v) is 7.17. The van der Waals surface area contributed by atoms with Gasteiger partial charge in [-0.3, -0.25) is 4.79 Å². The zero-order valence-corrected chi connectivity index (χ0v) is 23.1. The first-order chi connectivity index (χ1) is 19.7. The van der Waals surface area contributed by atoms with Gasteiger partial charge in [0.05, 0.1) is 31.2 Å². The summed E-state index contributed by atoms with van der Waals surface area (Å²) in [4.78, 5) is 17.2. The summed E-state index contributed by atoms with van der Waals surface area (Å²) in [7, 11) is 1.64. The molecule has 6 heteroatoms. The Hall–Kier alpha value is -4.32. The summed E-state index contributed by atoms with van der Waals surface area (Å²) in [5, 5.41) is 5.46. The van der Waals surface area contributed by atoms with Crippen molar-refractivity contribution < 1.29 is 14.3 Å². The molecule has 0 saturated carbocycles. The van der Waals surface area contributed by atoms with Gasteiger partial charge < -0.3 is 19.4 Å². The molecule has 40 heavy (non-hydrogen) atoms. The number of amides is 1. The summed E-state index contributed by atoms with van der Waals surface area (Å²) >= 11 is 0. The molecule has 5 rings (SSSR count). The lowest BCUT2D eigenvalue weighted by molar-refractivity contribution is -0.120. The van der Waals surface area contributed by atoms with Crippen LogP contribution in [0.1, 0.15) is 37.1 Å². The number of benzene rings is 4. The largest absolute Gasteiger partial charge is 0.497 e. The molecule has 1 aromatic heterocycles. The summed E-state index contributed by atoms with van der Waals surface area (Å²) in [6.07, 6.45) is 5.23. The Labute approximate surface area is 236 Å². The van der Waals surface area contributed by atoms with Crippen molar-refractivity contribution in [1.29, 1.82) is 0 Å². The lowest BCUT2D eigenvalue weighted by atomic mass is 10.1. The lowest BCUT2D eigenvalue weighted by Crippen LogP contribution is -2.26. The summed E-state index contributed by atoms with van der Waals surface area (Å²) < 4.78 is 13.6. The van der Waals surface area contributed by atoms with Crippen molar-refractivity contribution in [3.63, 3.8) is 0 Å². The normalized spacial score (nSPS) is 11.1. The molecular formula is C34H37N3O3. The number of imidazole rings is 1. The minimum Gasteiger partial charge on any atom is -0.497 e. The first-order valence-corrected chi connectivity index (χ1v) is 14.1. The Balaban J connectivity index is 1.06. The molecule has 0 unspecified atom stereocenters. The van der Waals surface area contributed by atoms with E-state index < -0.39 is 0 Å². The van der Waals surface area contributed by atoms with E-state index in [1.54, 1.807) is 7.11 Å². The second-order valence-corrected chi connectivity index (χ2v) is 10.1. The van der Waals surface area contributed by atoms with Crippen molar-refractivity contribution in [1.82, 2.24) is 14.9 Å². The number of para-hydroxylation sites is 2. The molecule has 206 valence electrons. The van der Waals surface area contributed by atoms with E-state index in [2.05, 4.69) is 64.5 Å². The number of ether oxygens (including phenoxy) is 2. The van der Waals surface area contributed by atoms with Crippen LogP contribution in [0.15, 0.2) is 91.0 Å². The number of rotatable bonds is 14. The number of nitrogens with one attached hydrogen (secondary N) is 1. The zero-order chi connectivity index (χ0) is 27.6. The third kappa shape index (κ3) is 7.20. The average Bonchev–Trinajstić information content (AvgIpc) is 3.34.